The molecule has 1 aromatic carbocycles. The number of halogens is 1. The zero-order valence-corrected chi connectivity index (χ0v) is 16.8. The molecule has 3 aromatic rings. The number of benzene rings is 1. The van der Waals surface area contributed by atoms with Crippen LogP contribution in [0.25, 0.3) is 5.69 Å². The van der Waals surface area contributed by atoms with Crippen molar-refractivity contribution in [3.8, 4) is 5.69 Å². The third kappa shape index (κ3) is 3.33. The van der Waals surface area contributed by atoms with Crippen molar-refractivity contribution in [1.29, 1.82) is 0 Å². The number of hydrogen-bond donors (Lipinski definition) is 1. The van der Waals surface area contributed by atoms with Crippen LogP contribution in [0.5, 0.6) is 0 Å². The van der Waals surface area contributed by atoms with Gasteiger partial charge < -0.3 is 14.8 Å². The Morgan fingerprint density at radius 1 is 1.11 bits per heavy atom. The van der Waals surface area contributed by atoms with Gasteiger partial charge in [-0.1, -0.05) is 23.7 Å². The van der Waals surface area contributed by atoms with Gasteiger partial charge in [0.1, 0.15) is 0 Å². The second-order valence-corrected chi connectivity index (χ2v) is 7.73. The molecular weight excluding hydrogens is 376 g/mol. The van der Waals surface area contributed by atoms with Crippen LogP contribution in [0.1, 0.15) is 37.3 Å². The summed E-state index contributed by atoms with van der Waals surface area (Å²) in [7, 11) is 0. The molecule has 0 saturated carbocycles. The number of pyridine rings is 1. The Bertz CT molecular complexity index is 954. The van der Waals surface area contributed by atoms with E-state index in [4.69, 9.17) is 23.8 Å². The van der Waals surface area contributed by atoms with Crippen LogP contribution in [0, 0.1) is 0 Å². The van der Waals surface area contributed by atoms with Gasteiger partial charge in [0.25, 0.3) is 0 Å². The summed E-state index contributed by atoms with van der Waals surface area (Å²) < 4.78 is 2.18. The molecule has 0 bridgehead atoms. The molecule has 0 unspecified atom stereocenters. The summed E-state index contributed by atoms with van der Waals surface area (Å²) in [5.41, 5.74) is 3.16. The summed E-state index contributed by atoms with van der Waals surface area (Å²) in [6.07, 6.45) is 3.89. The molecule has 6 heteroatoms. The highest BCUT2D eigenvalue weighted by Gasteiger charge is 2.42. The first kappa shape index (κ1) is 18.0. The molecule has 1 saturated heterocycles. The molecule has 2 aromatic heterocycles. The summed E-state index contributed by atoms with van der Waals surface area (Å²) in [4.78, 5) is 6.84. The van der Waals surface area contributed by atoms with E-state index in [1.54, 1.807) is 0 Å². The van der Waals surface area contributed by atoms with E-state index in [0.29, 0.717) is 5.02 Å². The highest BCUT2D eigenvalue weighted by atomic mass is 35.5. The molecule has 1 N–H and O–H groups in total. The molecule has 0 radical (unpaired) electrons. The molecular formula is C21H21ClN4S. The van der Waals surface area contributed by atoms with Crippen LogP contribution in [0.15, 0.2) is 67.0 Å². The molecule has 4 nitrogen and oxygen atoms in total. The second-order valence-electron chi connectivity index (χ2n) is 6.91. The van der Waals surface area contributed by atoms with Gasteiger partial charge in [-0.05, 0) is 68.5 Å². The van der Waals surface area contributed by atoms with Crippen molar-refractivity contribution in [1.82, 2.24) is 19.8 Å². The molecule has 0 amide bonds. The molecule has 4 rings (SSSR count). The molecule has 2 atom stereocenters. The summed E-state index contributed by atoms with van der Waals surface area (Å²) in [6, 6.07) is 18.3. The van der Waals surface area contributed by atoms with E-state index in [-0.39, 0.29) is 18.1 Å². The highest BCUT2D eigenvalue weighted by Crippen LogP contribution is 2.40. The van der Waals surface area contributed by atoms with Crippen LogP contribution in [0.3, 0.4) is 0 Å². The summed E-state index contributed by atoms with van der Waals surface area (Å²) in [5.74, 6) is 0. The predicted molar refractivity (Wildman–Crippen MR) is 113 cm³/mol. The maximum Gasteiger partial charge on any atom is 0.170 e. The zero-order valence-electron chi connectivity index (χ0n) is 15.2. The van der Waals surface area contributed by atoms with Crippen LogP contribution >= 0.6 is 23.8 Å². The number of hydrogen-bond acceptors (Lipinski definition) is 2. The Balaban J connectivity index is 1.84. The van der Waals surface area contributed by atoms with Gasteiger partial charge in [0, 0.05) is 34.8 Å². The highest BCUT2D eigenvalue weighted by molar-refractivity contribution is 7.80. The van der Waals surface area contributed by atoms with Crippen molar-refractivity contribution in [2.24, 2.45) is 0 Å². The fraction of sp³-hybridized carbons (Fsp3) is 0.238. The van der Waals surface area contributed by atoms with Crippen LogP contribution in [0.2, 0.25) is 5.02 Å². The quantitative estimate of drug-likeness (QED) is 0.635. The molecule has 0 spiro atoms. The number of thiocarbonyl (C=S) groups is 1. The fourth-order valence-corrected chi connectivity index (χ4v) is 4.37. The van der Waals surface area contributed by atoms with E-state index in [1.165, 1.54) is 0 Å². The Morgan fingerprint density at radius 3 is 2.67 bits per heavy atom. The summed E-state index contributed by atoms with van der Waals surface area (Å²) >= 11 is 11.9. The fourth-order valence-electron chi connectivity index (χ4n) is 3.73. The lowest BCUT2D eigenvalue weighted by molar-refractivity contribution is 0.262. The Morgan fingerprint density at radius 2 is 1.96 bits per heavy atom. The summed E-state index contributed by atoms with van der Waals surface area (Å²) in [5, 5.41) is 4.96. The molecule has 0 aliphatic carbocycles. The lowest BCUT2D eigenvalue weighted by Crippen LogP contribution is -2.36. The minimum absolute atomic E-state index is 0.0195. The van der Waals surface area contributed by atoms with Crippen LogP contribution in [-0.2, 0) is 0 Å². The minimum atomic E-state index is -0.0195. The molecule has 138 valence electrons. The first-order valence-electron chi connectivity index (χ1n) is 8.99. The van der Waals surface area contributed by atoms with Crippen molar-refractivity contribution in [3.63, 3.8) is 0 Å². The number of nitrogens with one attached hydrogen (secondary N) is 1. The normalized spacial score (nSPS) is 19.6. The van der Waals surface area contributed by atoms with Gasteiger partial charge in [-0.15, -0.1) is 0 Å². The first-order chi connectivity index (χ1) is 13.1. The minimum Gasteiger partial charge on any atom is -0.352 e. The van der Waals surface area contributed by atoms with Gasteiger partial charge in [-0.25, -0.2) is 0 Å². The van der Waals surface area contributed by atoms with Gasteiger partial charge in [0.05, 0.1) is 17.8 Å². The maximum atomic E-state index is 6.23. The van der Waals surface area contributed by atoms with Gasteiger partial charge in [-0.3, -0.25) is 4.98 Å². The topological polar surface area (TPSA) is 33.1 Å². The number of rotatable bonds is 4. The van der Waals surface area contributed by atoms with Crippen LogP contribution < -0.4 is 5.32 Å². The Labute approximate surface area is 169 Å². The van der Waals surface area contributed by atoms with E-state index >= 15 is 0 Å². The van der Waals surface area contributed by atoms with Crippen LogP contribution in [0.4, 0.5) is 0 Å². The third-order valence-corrected chi connectivity index (χ3v) is 5.43. The average molecular weight is 397 g/mol. The smallest absolute Gasteiger partial charge is 0.170 e. The Kier molecular flexibility index (Phi) is 4.89. The van der Waals surface area contributed by atoms with Crippen molar-refractivity contribution in [3.05, 3.63) is 83.4 Å². The van der Waals surface area contributed by atoms with E-state index in [0.717, 1.165) is 22.2 Å². The van der Waals surface area contributed by atoms with Crippen LogP contribution in [-0.4, -0.2) is 25.6 Å². The van der Waals surface area contributed by atoms with Gasteiger partial charge in [-0.2, -0.15) is 0 Å². The Hall–Kier alpha value is -2.37. The maximum absolute atomic E-state index is 6.23. The molecule has 1 aliphatic heterocycles. The largest absolute Gasteiger partial charge is 0.352 e. The predicted octanol–water partition coefficient (Wildman–Crippen LogP) is 4.91. The molecule has 27 heavy (non-hydrogen) atoms. The van der Waals surface area contributed by atoms with Crippen molar-refractivity contribution >= 4 is 28.9 Å². The average Bonchev–Trinajstić information content (AvgIpc) is 3.26. The molecule has 3 heterocycles. The third-order valence-electron chi connectivity index (χ3n) is 4.86. The van der Waals surface area contributed by atoms with Gasteiger partial charge >= 0.3 is 0 Å². The standard InChI is InChI=1S/C21H21ClN4S/c1-14(2)26-20(19(24-21(26)27)17-9-3-4-11-23-17)18-10-6-12-25(18)16-8-5-7-15(22)13-16/h3-14,19-20H,1-2H3,(H,24,27)/t19-,20-/m1/s1. The second kappa shape index (κ2) is 7.33. The number of aromatic nitrogens is 2. The molecule has 1 aliphatic rings. The monoisotopic (exact) mass is 396 g/mol. The van der Waals surface area contributed by atoms with E-state index < -0.39 is 0 Å². The van der Waals surface area contributed by atoms with Crippen molar-refractivity contribution in [2.45, 2.75) is 32.0 Å². The lowest BCUT2D eigenvalue weighted by Gasteiger charge is -2.31. The first-order valence-corrected chi connectivity index (χ1v) is 9.78. The zero-order chi connectivity index (χ0) is 19.0. The van der Waals surface area contributed by atoms with E-state index in [1.807, 2.05) is 42.6 Å². The number of nitrogens with zero attached hydrogens (tertiary/aromatic N) is 3. The van der Waals surface area contributed by atoms with Crippen molar-refractivity contribution in [2.75, 3.05) is 0 Å². The van der Waals surface area contributed by atoms with E-state index in [2.05, 4.69) is 58.0 Å². The van der Waals surface area contributed by atoms with E-state index in [9.17, 15) is 0 Å². The van der Waals surface area contributed by atoms with Gasteiger partial charge in [0.2, 0.25) is 0 Å². The van der Waals surface area contributed by atoms with Crippen molar-refractivity contribution < 1.29 is 0 Å². The lowest BCUT2D eigenvalue weighted by atomic mass is 10.0. The SMILES string of the molecule is CC(C)N1C(=S)N[C@H](c2ccccn2)[C@H]1c1cccn1-c1cccc(Cl)c1. The molecule has 1 fully saturated rings. The van der Waals surface area contributed by atoms with Gasteiger partial charge in [0.15, 0.2) is 5.11 Å². The summed E-state index contributed by atoms with van der Waals surface area (Å²) in [6.45, 7) is 4.32.